The lowest BCUT2D eigenvalue weighted by Gasteiger charge is -2.46. The van der Waals surface area contributed by atoms with Crippen LogP contribution in [0.15, 0.2) is 18.2 Å². The van der Waals surface area contributed by atoms with E-state index in [0.717, 1.165) is 6.07 Å². The molecular formula is C12H15FN2O3. The third kappa shape index (κ3) is 2.49. The molecule has 1 heterocycles. The van der Waals surface area contributed by atoms with E-state index in [1.165, 1.54) is 12.1 Å². The molecule has 98 valence electrons. The van der Waals surface area contributed by atoms with Crippen molar-refractivity contribution >= 4 is 5.69 Å². The third-order valence-electron chi connectivity index (χ3n) is 3.33. The summed E-state index contributed by atoms with van der Waals surface area (Å²) in [7, 11) is 0. The van der Waals surface area contributed by atoms with Crippen LogP contribution in [-0.2, 0) is 6.54 Å². The minimum atomic E-state index is -0.692. The largest absolute Gasteiger partial charge is 0.387 e. The molecule has 18 heavy (non-hydrogen) atoms. The molecule has 1 aromatic rings. The van der Waals surface area contributed by atoms with Gasteiger partial charge in [0.1, 0.15) is 5.82 Å². The Hall–Kier alpha value is -1.53. The van der Waals surface area contributed by atoms with Gasteiger partial charge in [0, 0.05) is 31.3 Å². The molecule has 1 aliphatic heterocycles. The fraction of sp³-hybridized carbons (Fsp3) is 0.500. The van der Waals surface area contributed by atoms with Gasteiger partial charge >= 0.3 is 0 Å². The van der Waals surface area contributed by atoms with Gasteiger partial charge in [-0.3, -0.25) is 15.0 Å². The predicted molar refractivity (Wildman–Crippen MR) is 63.6 cm³/mol. The van der Waals surface area contributed by atoms with Gasteiger partial charge in [0.2, 0.25) is 0 Å². The van der Waals surface area contributed by atoms with E-state index >= 15 is 0 Å². The van der Waals surface area contributed by atoms with Crippen molar-refractivity contribution in [3.63, 3.8) is 0 Å². The van der Waals surface area contributed by atoms with Crippen LogP contribution >= 0.6 is 0 Å². The Morgan fingerprint density at radius 3 is 2.78 bits per heavy atom. The van der Waals surface area contributed by atoms with Crippen molar-refractivity contribution in [2.75, 3.05) is 13.1 Å². The van der Waals surface area contributed by atoms with Gasteiger partial charge in [-0.25, -0.2) is 4.39 Å². The molecule has 0 aromatic heterocycles. The summed E-state index contributed by atoms with van der Waals surface area (Å²) in [5, 5.41) is 20.7. The number of benzene rings is 1. The molecule has 2 rings (SSSR count). The Bertz CT molecular complexity index is 472. The molecule has 0 unspecified atom stereocenters. The van der Waals surface area contributed by atoms with E-state index in [1.807, 2.05) is 11.8 Å². The molecule has 0 saturated carbocycles. The van der Waals surface area contributed by atoms with Gasteiger partial charge in [-0.05, 0) is 18.6 Å². The number of nitro groups is 1. The minimum Gasteiger partial charge on any atom is -0.387 e. The van der Waals surface area contributed by atoms with Crippen molar-refractivity contribution < 1.29 is 14.4 Å². The Balaban J connectivity index is 2.10. The average molecular weight is 254 g/mol. The van der Waals surface area contributed by atoms with Gasteiger partial charge in [0.25, 0.3) is 5.69 Å². The average Bonchev–Trinajstić information content (AvgIpc) is 2.26. The second-order valence-corrected chi connectivity index (χ2v) is 4.75. The molecular weight excluding hydrogens is 239 g/mol. The summed E-state index contributed by atoms with van der Waals surface area (Å²) in [5.74, 6) is -0.484. The van der Waals surface area contributed by atoms with E-state index in [4.69, 9.17) is 0 Å². The summed E-state index contributed by atoms with van der Waals surface area (Å²) in [6.45, 7) is 3.12. The molecule has 1 fully saturated rings. The smallest absolute Gasteiger partial charge is 0.274 e. The van der Waals surface area contributed by atoms with Gasteiger partial charge in [-0.1, -0.05) is 6.92 Å². The lowest BCUT2D eigenvalue weighted by atomic mass is 9.91. The SMILES string of the molecule is CCC1(O)CN(Cc2cc(F)ccc2[N+](=O)[O-])C1. The Labute approximate surface area is 104 Å². The molecule has 1 aliphatic rings. The van der Waals surface area contributed by atoms with Crippen molar-refractivity contribution in [2.24, 2.45) is 0 Å². The van der Waals surface area contributed by atoms with Crippen molar-refractivity contribution in [2.45, 2.75) is 25.5 Å². The lowest BCUT2D eigenvalue weighted by molar-refractivity contribution is -0.385. The molecule has 0 atom stereocenters. The van der Waals surface area contributed by atoms with Crippen molar-refractivity contribution in [3.8, 4) is 0 Å². The van der Waals surface area contributed by atoms with E-state index < -0.39 is 16.3 Å². The number of nitro benzene ring substituents is 1. The third-order valence-corrected chi connectivity index (χ3v) is 3.33. The first-order valence-electron chi connectivity index (χ1n) is 5.81. The number of hydrogen-bond acceptors (Lipinski definition) is 4. The number of nitrogens with zero attached hydrogens (tertiary/aromatic N) is 2. The van der Waals surface area contributed by atoms with Crippen molar-refractivity contribution in [1.82, 2.24) is 4.90 Å². The number of hydrogen-bond donors (Lipinski definition) is 1. The topological polar surface area (TPSA) is 66.6 Å². The number of aliphatic hydroxyl groups is 1. The van der Waals surface area contributed by atoms with Gasteiger partial charge in [-0.15, -0.1) is 0 Å². The van der Waals surface area contributed by atoms with Gasteiger partial charge in [0.05, 0.1) is 10.5 Å². The van der Waals surface area contributed by atoms with Crippen LogP contribution in [-0.4, -0.2) is 33.6 Å². The zero-order chi connectivity index (χ0) is 13.3. The van der Waals surface area contributed by atoms with Crippen LogP contribution in [0.2, 0.25) is 0 Å². The second-order valence-electron chi connectivity index (χ2n) is 4.75. The summed E-state index contributed by atoms with van der Waals surface area (Å²) >= 11 is 0. The fourth-order valence-electron chi connectivity index (χ4n) is 2.22. The maximum Gasteiger partial charge on any atom is 0.274 e. The van der Waals surface area contributed by atoms with Crippen LogP contribution in [0.5, 0.6) is 0 Å². The minimum absolute atomic E-state index is 0.0802. The highest BCUT2D eigenvalue weighted by Crippen LogP contribution is 2.28. The number of halogens is 1. The highest BCUT2D eigenvalue weighted by atomic mass is 19.1. The van der Waals surface area contributed by atoms with Crippen LogP contribution in [0.3, 0.4) is 0 Å². The fourth-order valence-corrected chi connectivity index (χ4v) is 2.22. The molecule has 1 saturated heterocycles. The molecule has 1 aromatic carbocycles. The van der Waals surface area contributed by atoms with E-state index in [-0.39, 0.29) is 12.2 Å². The van der Waals surface area contributed by atoms with E-state index in [1.54, 1.807) is 0 Å². The van der Waals surface area contributed by atoms with Gasteiger partial charge in [0.15, 0.2) is 0 Å². The van der Waals surface area contributed by atoms with Crippen LogP contribution in [0.25, 0.3) is 0 Å². The molecule has 0 aliphatic carbocycles. The van der Waals surface area contributed by atoms with Gasteiger partial charge < -0.3 is 5.11 Å². The summed E-state index contributed by atoms with van der Waals surface area (Å²) in [4.78, 5) is 12.2. The van der Waals surface area contributed by atoms with Crippen LogP contribution in [0, 0.1) is 15.9 Å². The first-order valence-corrected chi connectivity index (χ1v) is 5.81. The maximum absolute atomic E-state index is 13.1. The molecule has 1 N–H and O–H groups in total. The number of likely N-dealkylation sites (tertiary alicyclic amines) is 1. The first-order chi connectivity index (χ1) is 8.43. The highest BCUT2D eigenvalue weighted by molar-refractivity contribution is 5.40. The first kappa shape index (κ1) is 12.9. The normalized spacial score (nSPS) is 18.4. The van der Waals surface area contributed by atoms with Crippen LogP contribution in [0.1, 0.15) is 18.9 Å². The van der Waals surface area contributed by atoms with E-state index in [9.17, 15) is 19.6 Å². The zero-order valence-corrected chi connectivity index (χ0v) is 10.1. The Morgan fingerprint density at radius 2 is 2.22 bits per heavy atom. The second kappa shape index (κ2) is 4.62. The molecule has 0 amide bonds. The molecule has 5 nitrogen and oxygen atoms in total. The van der Waals surface area contributed by atoms with Gasteiger partial charge in [-0.2, -0.15) is 0 Å². The monoisotopic (exact) mass is 254 g/mol. The number of rotatable bonds is 4. The van der Waals surface area contributed by atoms with Crippen LogP contribution in [0.4, 0.5) is 10.1 Å². The van der Waals surface area contributed by atoms with Crippen molar-refractivity contribution in [3.05, 3.63) is 39.7 Å². The molecule has 6 heteroatoms. The Kier molecular flexibility index (Phi) is 3.32. The summed E-state index contributed by atoms with van der Waals surface area (Å²) in [6.07, 6.45) is 0.648. The predicted octanol–water partition coefficient (Wildman–Crippen LogP) is 1.69. The lowest BCUT2D eigenvalue weighted by Crippen LogP contribution is -2.60. The zero-order valence-electron chi connectivity index (χ0n) is 10.1. The standard InChI is InChI=1S/C12H15FN2O3/c1-2-12(16)7-14(8-12)6-9-5-10(13)3-4-11(9)15(17)18/h3-5,16H,2,6-8H2,1H3. The van der Waals surface area contributed by atoms with E-state index in [2.05, 4.69) is 0 Å². The quantitative estimate of drug-likeness (QED) is 0.656. The highest BCUT2D eigenvalue weighted by Gasteiger charge is 2.39. The number of β-amino-alcohol motifs (C(OH)–C–C–N with tert-alkyl or cyclic N) is 1. The molecule has 0 radical (unpaired) electrons. The van der Waals surface area contributed by atoms with Crippen molar-refractivity contribution in [1.29, 1.82) is 0 Å². The Morgan fingerprint density at radius 1 is 1.56 bits per heavy atom. The summed E-state index contributed by atoms with van der Waals surface area (Å²) in [5.41, 5.74) is -0.427. The summed E-state index contributed by atoms with van der Waals surface area (Å²) < 4.78 is 13.1. The van der Waals surface area contributed by atoms with Crippen LogP contribution < -0.4 is 0 Å². The molecule has 0 spiro atoms. The molecule has 0 bridgehead atoms. The summed E-state index contributed by atoms with van der Waals surface area (Å²) in [6, 6.07) is 3.44. The maximum atomic E-state index is 13.1. The van der Waals surface area contributed by atoms with E-state index in [0.29, 0.717) is 25.1 Å².